The van der Waals surface area contributed by atoms with E-state index in [4.69, 9.17) is 4.74 Å². The number of benzene rings is 1. The van der Waals surface area contributed by atoms with E-state index < -0.39 is 0 Å². The summed E-state index contributed by atoms with van der Waals surface area (Å²) in [7, 11) is 1.61. The lowest BCUT2D eigenvalue weighted by atomic mass is 9.85. The molecular formula is C21H31N3O3. The summed E-state index contributed by atoms with van der Waals surface area (Å²) in [4.78, 5) is 27.1. The lowest BCUT2D eigenvalue weighted by Gasteiger charge is -2.35. The van der Waals surface area contributed by atoms with Crippen LogP contribution >= 0.6 is 0 Å². The number of hydrogen-bond acceptors (Lipinski definition) is 3. The Bertz CT molecular complexity index is 647. The van der Waals surface area contributed by atoms with Crippen LogP contribution in [0.1, 0.15) is 45.4 Å². The van der Waals surface area contributed by atoms with Crippen molar-refractivity contribution >= 4 is 17.6 Å². The van der Waals surface area contributed by atoms with E-state index in [0.29, 0.717) is 19.0 Å². The zero-order valence-electron chi connectivity index (χ0n) is 16.4. The smallest absolute Gasteiger partial charge is 0.321 e. The molecule has 1 aromatic rings. The molecular weight excluding hydrogens is 342 g/mol. The van der Waals surface area contributed by atoms with Crippen molar-refractivity contribution in [1.29, 1.82) is 0 Å². The molecule has 0 spiro atoms. The normalized spacial score (nSPS) is 25.6. The second-order valence-electron chi connectivity index (χ2n) is 7.82. The Kier molecular flexibility index (Phi) is 6.58. The number of nitrogens with one attached hydrogen (secondary N) is 2. The van der Waals surface area contributed by atoms with Gasteiger partial charge in [0.05, 0.1) is 13.0 Å². The van der Waals surface area contributed by atoms with Gasteiger partial charge in [0.25, 0.3) is 0 Å². The molecule has 2 fully saturated rings. The fraction of sp³-hybridized carbons (Fsp3) is 0.619. The van der Waals surface area contributed by atoms with E-state index in [9.17, 15) is 9.59 Å². The Morgan fingerprint density at radius 1 is 1.07 bits per heavy atom. The van der Waals surface area contributed by atoms with Crippen LogP contribution in [0.4, 0.5) is 10.5 Å². The summed E-state index contributed by atoms with van der Waals surface area (Å²) in [6.07, 6.45) is 6.41. The van der Waals surface area contributed by atoms with Crippen molar-refractivity contribution in [2.75, 3.05) is 25.5 Å². The van der Waals surface area contributed by atoms with Crippen molar-refractivity contribution in [3.8, 4) is 5.75 Å². The molecule has 1 saturated heterocycles. The maximum absolute atomic E-state index is 12.7. The van der Waals surface area contributed by atoms with E-state index >= 15 is 0 Å². The molecule has 6 heteroatoms. The Balaban J connectivity index is 1.53. The number of likely N-dealkylation sites (tertiary alicyclic amines) is 1. The van der Waals surface area contributed by atoms with Gasteiger partial charge in [0, 0.05) is 24.8 Å². The van der Waals surface area contributed by atoms with Crippen LogP contribution in [0.25, 0.3) is 0 Å². The van der Waals surface area contributed by atoms with Crippen molar-refractivity contribution in [3.63, 3.8) is 0 Å². The minimum absolute atomic E-state index is 0.107. The first-order valence-corrected chi connectivity index (χ1v) is 10.1. The van der Waals surface area contributed by atoms with Crippen molar-refractivity contribution < 1.29 is 14.3 Å². The maximum Gasteiger partial charge on any atom is 0.321 e. The first-order chi connectivity index (χ1) is 13.1. The van der Waals surface area contributed by atoms with Gasteiger partial charge < -0.3 is 20.3 Å². The largest absolute Gasteiger partial charge is 0.497 e. The van der Waals surface area contributed by atoms with Gasteiger partial charge in [0.1, 0.15) is 5.75 Å². The molecule has 3 amide bonds. The number of ether oxygens (including phenoxy) is 1. The Hall–Kier alpha value is -2.24. The number of nitrogens with zero attached hydrogens (tertiary/aromatic N) is 1. The predicted molar refractivity (Wildman–Crippen MR) is 106 cm³/mol. The summed E-state index contributed by atoms with van der Waals surface area (Å²) in [6.45, 7) is 3.39. The van der Waals surface area contributed by atoms with Gasteiger partial charge in [-0.15, -0.1) is 0 Å². The molecule has 1 saturated carbocycles. The summed E-state index contributed by atoms with van der Waals surface area (Å²) in [5, 5.41) is 6.16. The molecule has 3 rings (SSSR count). The lowest BCUT2D eigenvalue weighted by molar-refractivity contribution is -0.127. The average Bonchev–Trinajstić information content (AvgIpc) is 2.70. The highest BCUT2D eigenvalue weighted by molar-refractivity contribution is 5.90. The number of piperidine rings is 1. The Labute approximate surface area is 161 Å². The van der Waals surface area contributed by atoms with Crippen LogP contribution in [-0.4, -0.2) is 43.1 Å². The highest BCUT2D eigenvalue weighted by Gasteiger charge is 2.31. The molecule has 2 aliphatic rings. The van der Waals surface area contributed by atoms with E-state index in [1.165, 1.54) is 19.3 Å². The van der Waals surface area contributed by atoms with Gasteiger partial charge >= 0.3 is 6.03 Å². The van der Waals surface area contributed by atoms with E-state index in [1.54, 1.807) is 12.0 Å². The van der Waals surface area contributed by atoms with E-state index in [2.05, 4.69) is 17.6 Å². The number of rotatable bonds is 4. The minimum atomic E-state index is -0.149. The summed E-state index contributed by atoms with van der Waals surface area (Å²) in [5.41, 5.74) is 0.725. The monoisotopic (exact) mass is 373 g/mol. The van der Waals surface area contributed by atoms with Crippen LogP contribution in [0.15, 0.2) is 24.3 Å². The molecule has 1 heterocycles. The number of methoxy groups -OCH3 is 1. The minimum Gasteiger partial charge on any atom is -0.497 e. The van der Waals surface area contributed by atoms with E-state index in [1.807, 2.05) is 24.3 Å². The fourth-order valence-electron chi connectivity index (χ4n) is 4.08. The van der Waals surface area contributed by atoms with E-state index in [-0.39, 0.29) is 23.9 Å². The molecule has 0 bridgehead atoms. The number of carbonyl (C=O) groups is 2. The van der Waals surface area contributed by atoms with Crippen LogP contribution < -0.4 is 15.4 Å². The van der Waals surface area contributed by atoms with Gasteiger partial charge in [-0.1, -0.05) is 19.8 Å². The van der Waals surface area contributed by atoms with E-state index in [0.717, 1.165) is 30.7 Å². The van der Waals surface area contributed by atoms with Gasteiger partial charge in [0.2, 0.25) is 5.91 Å². The third-order valence-electron chi connectivity index (χ3n) is 5.86. The summed E-state index contributed by atoms with van der Waals surface area (Å²) >= 11 is 0. The molecule has 1 aliphatic heterocycles. The number of urea groups is 1. The second kappa shape index (κ2) is 9.11. The van der Waals surface area contributed by atoms with Gasteiger partial charge in [-0.2, -0.15) is 0 Å². The zero-order chi connectivity index (χ0) is 19.2. The predicted octanol–water partition coefficient (Wildman–Crippen LogP) is 3.63. The highest BCUT2D eigenvalue weighted by atomic mass is 16.5. The van der Waals surface area contributed by atoms with Crippen LogP contribution in [0.3, 0.4) is 0 Å². The zero-order valence-corrected chi connectivity index (χ0v) is 16.4. The third kappa shape index (κ3) is 5.15. The quantitative estimate of drug-likeness (QED) is 0.847. The third-order valence-corrected chi connectivity index (χ3v) is 5.86. The molecule has 6 nitrogen and oxygen atoms in total. The summed E-state index contributed by atoms with van der Waals surface area (Å²) in [6, 6.07) is 7.39. The van der Waals surface area contributed by atoms with Crippen LogP contribution in [0.2, 0.25) is 0 Å². The molecule has 0 unspecified atom stereocenters. The molecule has 2 N–H and O–H groups in total. The number of hydrogen-bond donors (Lipinski definition) is 2. The molecule has 148 valence electrons. The molecule has 27 heavy (non-hydrogen) atoms. The first kappa shape index (κ1) is 19.5. The van der Waals surface area contributed by atoms with Crippen molar-refractivity contribution in [2.45, 2.75) is 51.5 Å². The molecule has 1 aliphatic carbocycles. The SMILES string of the molecule is COc1ccc(NC(=O)N2CCC[C@@H](C(=O)N[C@@H]3CCCC[C@H]3C)C2)cc1. The van der Waals surface area contributed by atoms with Crippen LogP contribution in [0, 0.1) is 11.8 Å². The molecule has 1 aromatic carbocycles. The topological polar surface area (TPSA) is 70.7 Å². The number of carbonyl (C=O) groups excluding carboxylic acids is 2. The first-order valence-electron chi connectivity index (χ1n) is 10.1. The Morgan fingerprint density at radius 3 is 2.52 bits per heavy atom. The second-order valence-corrected chi connectivity index (χ2v) is 7.82. The summed E-state index contributed by atoms with van der Waals surface area (Å²) < 4.78 is 5.13. The van der Waals surface area contributed by atoms with Crippen LogP contribution in [-0.2, 0) is 4.79 Å². The summed E-state index contributed by atoms with van der Waals surface area (Å²) in [5.74, 6) is 1.28. The molecule has 0 aromatic heterocycles. The lowest BCUT2D eigenvalue weighted by Crippen LogP contribution is -2.50. The van der Waals surface area contributed by atoms with Gasteiger partial charge in [0.15, 0.2) is 0 Å². The van der Waals surface area contributed by atoms with Crippen molar-refractivity contribution in [3.05, 3.63) is 24.3 Å². The van der Waals surface area contributed by atoms with Gasteiger partial charge in [-0.25, -0.2) is 4.79 Å². The Morgan fingerprint density at radius 2 is 1.81 bits per heavy atom. The fourth-order valence-corrected chi connectivity index (χ4v) is 4.08. The number of anilines is 1. The average molecular weight is 373 g/mol. The van der Waals surface area contributed by atoms with Crippen molar-refractivity contribution in [1.82, 2.24) is 10.2 Å². The number of amides is 3. The highest BCUT2D eigenvalue weighted by Crippen LogP contribution is 2.25. The van der Waals surface area contributed by atoms with Crippen LogP contribution in [0.5, 0.6) is 5.75 Å². The molecule has 3 atom stereocenters. The molecule has 0 radical (unpaired) electrons. The van der Waals surface area contributed by atoms with Gasteiger partial charge in [-0.05, 0) is 55.9 Å². The maximum atomic E-state index is 12.7. The van der Waals surface area contributed by atoms with Crippen molar-refractivity contribution in [2.24, 2.45) is 11.8 Å². The standard InChI is InChI=1S/C21H31N3O3/c1-15-6-3-4-8-19(15)23-20(25)16-7-5-13-24(14-16)21(26)22-17-9-11-18(27-2)12-10-17/h9-12,15-16,19H,3-8,13-14H2,1-2H3,(H,22,26)(H,23,25)/t15-,16-,19-/m1/s1. The van der Waals surface area contributed by atoms with Gasteiger partial charge in [-0.3, -0.25) is 4.79 Å².